The summed E-state index contributed by atoms with van der Waals surface area (Å²) in [6, 6.07) is 9.93. The van der Waals surface area contributed by atoms with Crippen LogP contribution < -0.4 is 19.3 Å². The second kappa shape index (κ2) is 8.64. The molecule has 1 amide bonds. The molecule has 160 valence electrons. The van der Waals surface area contributed by atoms with E-state index in [1.807, 2.05) is 35.2 Å². The van der Waals surface area contributed by atoms with Gasteiger partial charge in [0.15, 0.2) is 11.5 Å². The summed E-state index contributed by atoms with van der Waals surface area (Å²) in [5.74, 6) is 1.56. The molecule has 0 aliphatic carbocycles. The van der Waals surface area contributed by atoms with Crippen molar-refractivity contribution in [1.29, 1.82) is 0 Å². The highest BCUT2D eigenvalue weighted by Gasteiger charge is 2.26. The molecule has 2 aliphatic heterocycles. The molecule has 2 aromatic rings. The number of amides is 1. The SMILES string of the molecule is COc1cc2c(cc1OC)CN(C(=O)CN1CCCN(C)c3ccc(Cl)cc31)CC2. The molecule has 2 heterocycles. The molecule has 0 bridgehead atoms. The second-order valence-electron chi connectivity index (χ2n) is 7.87. The summed E-state index contributed by atoms with van der Waals surface area (Å²) in [6.07, 6.45) is 1.81. The van der Waals surface area contributed by atoms with E-state index in [-0.39, 0.29) is 5.91 Å². The first-order chi connectivity index (χ1) is 14.5. The van der Waals surface area contributed by atoms with Crippen molar-refractivity contribution in [2.75, 3.05) is 57.2 Å². The standard InChI is InChI=1S/C23H28ClN3O3/c1-25-8-4-9-26(20-13-18(24)5-6-19(20)25)15-23(28)27-10-7-16-11-21(29-2)22(30-3)12-17(16)14-27/h5-6,11-13H,4,7-10,14-15H2,1-3H3. The van der Waals surface area contributed by atoms with Crippen LogP contribution in [0, 0.1) is 0 Å². The third kappa shape index (κ3) is 4.01. The zero-order chi connectivity index (χ0) is 21.3. The van der Waals surface area contributed by atoms with Gasteiger partial charge in [-0.25, -0.2) is 0 Å². The van der Waals surface area contributed by atoms with Gasteiger partial charge in [-0.1, -0.05) is 11.6 Å². The van der Waals surface area contributed by atoms with E-state index in [0.717, 1.165) is 48.6 Å². The van der Waals surface area contributed by atoms with E-state index in [4.69, 9.17) is 21.1 Å². The largest absolute Gasteiger partial charge is 0.493 e. The van der Waals surface area contributed by atoms with Gasteiger partial charge in [-0.15, -0.1) is 0 Å². The molecule has 0 saturated carbocycles. The van der Waals surface area contributed by atoms with E-state index in [9.17, 15) is 4.79 Å². The van der Waals surface area contributed by atoms with Gasteiger partial charge in [0.1, 0.15) is 0 Å². The molecule has 4 rings (SSSR count). The Morgan fingerprint density at radius 1 is 1.00 bits per heavy atom. The summed E-state index contributed by atoms with van der Waals surface area (Å²) in [5.41, 5.74) is 4.47. The third-order valence-electron chi connectivity index (χ3n) is 6.01. The molecule has 0 saturated heterocycles. The number of benzene rings is 2. The van der Waals surface area contributed by atoms with Crippen LogP contribution in [0.2, 0.25) is 5.02 Å². The minimum absolute atomic E-state index is 0.130. The first-order valence-electron chi connectivity index (χ1n) is 10.3. The zero-order valence-electron chi connectivity index (χ0n) is 17.8. The van der Waals surface area contributed by atoms with E-state index in [1.54, 1.807) is 14.2 Å². The maximum Gasteiger partial charge on any atom is 0.242 e. The number of halogens is 1. The van der Waals surface area contributed by atoms with Crippen molar-refractivity contribution in [2.45, 2.75) is 19.4 Å². The highest BCUT2D eigenvalue weighted by atomic mass is 35.5. The van der Waals surface area contributed by atoms with Crippen molar-refractivity contribution in [3.05, 3.63) is 46.5 Å². The summed E-state index contributed by atoms with van der Waals surface area (Å²) >= 11 is 6.28. The van der Waals surface area contributed by atoms with Crippen molar-refractivity contribution in [3.63, 3.8) is 0 Å². The highest BCUT2D eigenvalue weighted by Crippen LogP contribution is 2.35. The minimum Gasteiger partial charge on any atom is -0.493 e. The van der Waals surface area contributed by atoms with Crippen LogP contribution in [-0.4, -0.2) is 58.3 Å². The number of fused-ring (bicyclic) bond motifs is 2. The molecule has 0 spiro atoms. The Kier molecular flexibility index (Phi) is 5.95. The monoisotopic (exact) mass is 429 g/mol. The quantitative estimate of drug-likeness (QED) is 0.743. The van der Waals surface area contributed by atoms with Gasteiger partial charge >= 0.3 is 0 Å². The van der Waals surface area contributed by atoms with Crippen molar-refractivity contribution < 1.29 is 14.3 Å². The summed E-state index contributed by atoms with van der Waals surface area (Å²) in [7, 11) is 5.36. The van der Waals surface area contributed by atoms with Gasteiger partial charge in [-0.05, 0) is 54.3 Å². The average molecular weight is 430 g/mol. The maximum atomic E-state index is 13.2. The van der Waals surface area contributed by atoms with Crippen molar-refractivity contribution in [3.8, 4) is 11.5 Å². The van der Waals surface area contributed by atoms with Crippen molar-refractivity contribution >= 4 is 28.9 Å². The van der Waals surface area contributed by atoms with E-state index >= 15 is 0 Å². The lowest BCUT2D eigenvalue weighted by Crippen LogP contribution is -2.43. The molecule has 0 aromatic heterocycles. The molecular weight excluding hydrogens is 402 g/mol. The molecular formula is C23H28ClN3O3. The van der Waals surface area contributed by atoms with Crippen molar-refractivity contribution in [1.82, 2.24) is 4.90 Å². The van der Waals surface area contributed by atoms with Gasteiger partial charge in [0.05, 0.1) is 32.1 Å². The van der Waals surface area contributed by atoms with Gasteiger partial charge < -0.3 is 24.2 Å². The lowest BCUT2D eigenvalue weighted by molar-refractivity contribution is -0.130. The van der Waals surface area contributed by atoms with Crippen LogP contribution in [0.3, 0.4) is 0 Å². The molecule has 0 unspecified atom stereocenters. The lowest BCUT2D eigenvalue weighted by Gasteiger charge is -2.32. The van der Waals surface area contributed by atoms with Gasteiger partial charge in [0.2, 0.25) is 5.91 Å². The fourth-order valence-corrected chi connectivity index (χ4v) is 4.50. The fraction of sp³-hybridized carbons (Fsp3) is 0.435. The highest BCUT2D eigenvalue weighted by molar-refractivity contribution is 6.31. The summed E-state index contributed by atoms with van der Waals surface area (Å²) in [4.78, 5) is 19.6. The first-order valence-corrected chi connectivity index (χ1v) is 10.6. The summed E-state index contributed by atoms with van der Waals surface area (Å²) in [6.45, 7) is 3.43. The van der Waals surface area contributed by atoms with Gasteiger partial charge in [0.25, 0.3) is 0 Å². The number of hydrogen-bond acceptors (Lipinski definition) is 5. The van der Waals surface area contributed by atoms with Crippen molar-refractivity contribution in [2.24, 2.45) is 0 Å². The predicted octanol–water partition coefficient (Wildman–Crippen LogP) is 3.59. The summed E-state index contributed by atoms with van der Waals surface area (Å²) < 4.78 is 10.9. The molecule has 0 N–H and O–H groups in total. The van der Waals surface area contributed by atoms with E-state index < -0.39 is 0 Å². The second-order valence-corrected chi connectivity index (χ2v) is 8.31. The number of anilines is 2. The number of hydrogen-bond donors (Lipinski definition) is 0. The van der Waals surface area contributed by atoms with Crippen LogP contribution in [0.1, 0.15) is 17.5 Å². The Bertz CT molecular complexity index is 950. The number of rotatable bonds is 4. The van der Waals surface area contributed by atoms with Gasteiger partial charge in [0, 0.05) is 38.2 Å². The molecule has 2 aromatic carbocycles. The molecule has 6 nitrogen and oxygen atoms in total. The Labute approximate surface area is 182 Å². The Morgan fingerprint density at radius 2 is 1.73 bits per heavy atom. The number of methoxy groups -OCH3 is 2. The van der Waals surface area contributed by atoms with E-state index in [0.29, 0.717) is 30.4 Å². The maximum absolute atomic E-state index is 13.2. The predicted molar refractivity (Wildman–Crippen MR) is 120 cm³/mol. The fourth-order valence-electron chi connectivity index (χ4n) is 4.34. The molecule has 0 atom stereocenters. The number of ether oxygens (including phenoxy) is 2. The Morgan fingerprint density at radius 3 is 2.47 bits per heavy atom. The molecule has 2 aliphatic rings. The van der Waals surface area contributed by atoms with Crippen LogP contribution >= 0.6 is 11.6 Å². The number of carbonyl (C=O) groups is 1. The van der Waals surface area contributed by atoms with Gasteiger partial charge in [-0.2, -0.15) is 0 Å². The topological polar surface area (TPSA) is 45.3 Å². The third-order valence-corrected chi connectivity index (χ3v) is 6.24. The van der Waals surface area contributed by atoms with Crippen LogP contribution in [0.25, 0.3) is 0 Å². The molecule has 30 heavy (non-hydrogen) atoms. The normalized spacial score (nSPS) is 15.9. The van der Waals surface area contributed by atoms with E-state index in [2.05, 4.69) is 16.8 Å². The molecule has 7 heteroatoms. The van der Waals surface area contributed by atoms with E-state index in [1.165, 1.54) is 5.56 Å². The molecule has 0 radical (unpaired) electrons. The zero-order valence-corrected chi connectivity index (χ0v) is 18.5. The average Bonchev–Trinajstić information content (AvgIpc) is 2.90. The van der Waals surface area contributed by atoms with Crippen LogP contribution in [0.4, 0.5) is 11.4 Å². The molecule has 0 fully saturated rings. The van der Waals surface area contributed by atoms with Crippen LogP contribution in [0.5, 0.6) is 11.5 Å². The van der Waals surface area contributed by atoms with Gasteiger partial charge in [-0.3, -0.25) is 4.79 Å². The summed E-state index contributed by atoms with van der Waals surface area (Å²) in [5, 5.41) is 0.689. The Hall–Kier alpha value is -2.60. The minimum atomic E-state index is 0.130. The van der Waals surface area contributed by atoms with Crippen LogP contribution in [-0.2, 0) is 17.8 Å². The first kappa shape index (κ1) is 20.7. The number of nitrogens with zero attached hydrogens (tertiary/aromatic N) is 3. The van der Waals surface area contributed by atoms with Crippen LogP contribution in [0.15, 0.2) is 30.3 Å². The smallest absolute Gasteiger partial charge is 0.242 e. The Balaban J connectivity index is 1.53. The lowest BCUT2D eigenvalue weighted by atomic mass is 9.98. The number of carbonyl (C=O) groups excluding carboxylic acids is 1.